The summed E-state index contributed by atoms with van der Waals surface area (Å²) in [7, 11) is 0. The first-order valence-electron chi connectivity index (χ1n) is 7.51. The maximum absolute atomic E-state index is 12.5. The van der Waals surface area contributed by atoms with Crippen molar-refractivity contribution in [3.63, 3.8) is 0 Å². The van der Waals surface area contributed by atoms with Crippen LogP contribution in [0.5, 0.6) is 11.5 Å². The smallest absolute Gasteiger partial charge is 0.226 e. The van der Waals surface area contributed by atoms with Gasteiger partial charge in [-0.2, -0.15) is 0 Å². The summed E-state index contributed by atoms with van der Waals surface area (Å²) in [6, 6.07) is 13.1. The molecule has 0 aliphatic rings. The second-order valence-corrected chi connectivity index (χ2v) is 5.47. The van der Waals surface area contributed by atoms with E-state index in [9.17, 15) is 14.7 Å². The van der Waals surface area contributed by atoms with Gasteiger partial charge < -0.3 is 18.7 Å². The third kappa shape index (κ3) is 2.74. The predicted molar refractivity (Wildman–Crippen MR) is 91.0 cm³/mol. The summed E-state index contributed by atoms with van der Waals surface area (Å²) in [5.41, 5.74) is 0.267. The largest absolute Gasteiger partial charge is 0.502 e. The van der Waals surface area contributed by atoms with Crippen LogP contribution >= 0.6 is 0 Å². The summed E-state index contributed by atoms with van der Waals surface area (Å²) in [6.45, 7) is -0.00115. The number of ether oxygens (including phenoxy) is 1. The van der Waals surface area contributed by atoms with Gasteiger partial charge in [0.2, 0.25) is 10.9 Å². The lowest BCUT2D eigenvalue weighted by atomic mass is 10.1. The molecule has 2 aromatic heterocycles. The Hall–Kier alpha value is -3.54. The third-order valence-electron chi connectivity index (χ3n) is 3.80. The summed E-state index contributed by atoms with van der Waals surface area (Å²) in [5.74, 6) is 0.271. The second-order valence-electron chi connectivity index (χ2n) is 5.47. The van der Waals surface area contributed by atoms with E-state index in [-0.39, 0.29) is 17.8 Å². The van der Waals surface area contributed by atoms with Gasteiger partial charge in [0.25, 0.3) is 0 Å². The molecule has 0 saturated heterocycles. The van der Waals surface area contributed by atoms with Crippen molar-refractivity contribution in [2.75, 3.05) is 0 Å². The van der Waals surface area contributed by atoms with Crippen LogP contribution in [0, 0.1) is 0 Å². The lowest BCUT2D eigenvalue weighted by molar-refractivity contribution is 0.263. The molecule has 6 nitrogen and oxygen atoms in total. The fourth-order valence-electron chi connectivity index (χ4n) is 2.55. The monoisotopic (exact) mass is 336 g/mol. The minimum absolute atomic E-state index is 0.00115. The van der Waals surface area contributed by atoms with Crippen LogP contribution in [0.1, 0.15) is 5.76 Å². The predicted octanol–water partition coefficient (Wildman–Crippen LogP) is 3.18. The van der Waals surface area contributed by atoms with Crippen LogP contribution in [-0.4, -0.2) is 5.11 Å². The maximum atomic E-state index is 12.5. The van der Waals surface area contributed by atoms with E-state index in [4.69, 9.17) is 13.6 Å². The molecule has 1 N–H and O–H groups in total. The van der Waals surface area contributed by atoms with Gasteiger partial charge in [0.1, 0.15) is 35.5 Å². The Balaban J connectivity index is 1.69. The minimum Gasteiger partial charge on any atom is -0.502 e. The van der Waals surface area contributed by atoms with E-state index in [0.717, 1.165) is 12.3 Å². The lowest BCUT2D eigenvalue weighted by Crippen LogP contribution is -2.04. The number of benzene rings is 2. The number of rotatable bonds is 3. The van der Waals surface area contributed by atoms with Gasteiger partial charge in [-0.15, -0.1) is 0 Å². The molecule has 0 fully saturated rings. The van der Waals surface area contributed by atoms with Crippen molar-refractivity contribution in [1.82, 2.24) is 0 Å². The van der Waals surface area contributed by atoms with Crippen LogP contribution in [0.3, 0.4) is 0 Å². The lowest BCUT2D eigenvalue weighted by Gasteiger charge is -2.07. The molecule has 2 heterocycles. The zero-order valence-corrected chi connectivity index (χ0v) is 12.9. The highest BCUT2D eigenvalue weighted by molar-refractivity contribution is 5.90. The van der Waals surface area contributed by atoms with E-state index >= 15 is 0 Å². The van der Waals surface area contributed by atoms with E-state index < -0.39 is 11.2 Å². The molecule has 6 heteroatoms. The quantitative estimate of drug-likeness (QED) is 0.578. The molecule has 0 radical (unpaired) electrons. The number of hydrogen-bond donors (Lipinski definition) is 1. The molecule has 25 heavy (non-hydrogen) atoms. The Morgan fingerprint density at radius 2 is 1.76 bits per heavy atom. The van der Waals surface area contributed by atoms with Gasteiger partial charge in [0, 0.05) is 12.1 Å². The highest BCUT2D eigenvalue weighted by atomic mass is 16.5. The van der Waals surface area contributed by atoms with Crippen molar-refractivity contribution in [3.8, 4) is 11.5 Å². The van der Waals surface area contributed by atoms with Gasteiger partial charge in [0.15, 0.2) is 5.75 Å². The topological polar surface area (TPSA) is 89.9 Å². The zero-order chi connectivity index (χ0) is 17.4. The molecule has 4 rings (SSSR count). The highest BCUT2D eigenvalue weighted by Crippen LogP contribution is 2.23. The van der Waals surface area contributed by atoms with Gasteiger partial charge in [-0.1, -0.05) is 12.1 Å². The van der Waals surface area contributed by atoms with Crippen LogP contribution in [0.15, 0.2) is 73.2 Å². The van der Waals surface area contributed by atoms with Gasteiger partial charge >= 0.3 is 0 Å². The van der Waals surface area contributed by atoms with Crippen LogP contribution in [0.2, 0.25) is 0 Å². The van der Waals surface area contributed by atoms with Crippen LogP contribution in [0.25, 0.3) is 21.9 Å². The zero-order valence-electron chi connectivity index (χ0n) is 12.9. The van der Waals surface area contributed by atoms with Crippen LogP contribution < -0.4 is 15.6 Å². The maximum Gasteiger partial charge on any atom is 0.226 e. The summed E-state index contributed by atoms with van der Waals surface area (Å²) in [6.07, 6.45) is 0.965. The molecule has 0 unspecified atom stereocenters. The van der Waals surface area contributed by atoms with Gasteiger partial charge in [-0.25, -0.2) is 0 Å². The highest BCUT2D eigenvalue weighted by Gasteiger charge is 2.09. The number of aromatic hydroxyl groups is 1. The van der Waals surface area contributed by atoms with Crippen molar-refractivity contribution < 1.29 is 18.7 Å². The summed E-state index contributed by atoms with van der Waals surface area (Å²) in [5, 5.41) is 10.2. The van der Waals surface area contributed by atoms with E-state index in [0.29, 0.717) is 27.7 Å². The Kier molecular flexibility index (Phi) is 3.50. The Morgan fingerprint density at radius 1 is 0.960 bits per heavy atom. The Bertz CT molecular complexity index is 1200. The van der Waals surface area contributed by atoms with E-state index in [1.807, 2.05) is 0 Å². The number of hydrogen-bond acceptors (Lipinski definition) is 6. The first-order valence-corrected chi connectivity index (χ1v) is 7.51. The molecule has 124 valence electrons. The first kappa shape index (κ1) is 15.0. The minimum atomic E-state index is -0.541. The average molecular weight is 336 g/mol. The fraction of sp³-hybridized carbons (Fsp3) is 0.0526. The first-order chi connectivity index (χ1) is 12.1. The second kappa shape index (κ2) is 5.83. The normalized spacial score (nSPS) is 11.0. The molecule has 0 aliphatic carbocycles. The molecule has 0 amide bonds. The third-order valence-corrected chi connectivity index (χ3v) is 3.80. The van der Waals surface area contributed by atoms with Crippen LogP contribution in [-0.2, 0) is 6.61 Å². The number of para-hydroxylation sites is 1. The van der Waals surface area contributed by atoms with Crippen molar-refractivity contribution >= 4 is 21.9 Å². The van der Waals surface area contributed by atoms with E-state index in [1.54, 1.807) is 42.5 Å². The van der Waals surface area contributed by atoms with E-state index in [1.165, 1.54) is 0 Å². The molecule has 0 bridgehead atoms. The summed E-state index contributed by atoms with van der Waals surface area (Å²) in [4.78, 5) is 23.8. The SMILES string of the molecule is O=c1cc(COc2ccc3c(=O)c4ccccc4oc3c2)occ1O. The van der Waals surface area contributed by atoms with Gasteiger partial charge in [-0.3, -0.25) is 9.59 Å². The van der Waals surface area contributed by atoms with Gasteiger partial charge in [-0.05, 0) is 24.3 Å². The molecule has 0 atom stereocenters. The Morgan fingerprint density at radius 3 is 2.60 bits per heavy atom. The molecular formula is C19H12O6. The summed E-state index contributed by atoms with van der Waals surface area (Å²) < 4.78 is 16.4. The fourth-order valence-corrected chi connectivity index (χ4v) is 2.55. The van der Waals surface area contributed by atoms with Crippen molar-refractivity contribution in [2.45, 2.75) is 6.61 Å². The van der Waals surface area contributed by atoms with Crippen molar-refractivity contribution in [3.05, 3.63) is 81.0 Å². The Labute approximate surface area is 140 Å². The van der Waals surface area contributed by atoms with Gasteiger partial charge in [0.05, 0.1) is 10.8 Å². The molecular weight excluding hydrogens is 324 g/mol. The molecule has 0 aliphatic heterocycles. The van der Waals surface area contributed by atoms with Crippen LogP contribution in [0.4, 0.5) is 0 Å². The molecule has 0 spiro atoms. The van der Waals surface area contributed by atoms with Crippen molar-refractivity contribution in [1.29, 1.82) is 0 Å². The average Bonchev–Trinajstić information content (AvgIpc) is 2.63. The molecule has 2 aromatic carbocycles. The standard InChI is InChI=1S/C19H12O6/c20-15-7-12(24-10-16(15)21)9-23-11-5-6-14-18(8-11)25-17-4-2-1-3-13(17)19(14)22/h1-8,10,21H,9H2. The summed E-state index contributed by atoms with van der Waals surface area (Å²) >= 11 is 0. The number of fused-ring (bicyclic) bond motifs is 2. The van der Waals surface area contributed by atoms with Crippen molar-refractivity contribution in [2.24, 2.45) is 0 Å². The molecule has 0 saturated carbocycles. The van der Waals surface area contributed by atoms with E-state index in [2.05, 4.69) is 0 Å². The molecule has 4 aromatic rings.